The van der Waals surface area contributed by atoms with Gasteiger partial charge in [-0.3, -0.25) is 4.79 Å². The summed E-state index contributed by atoms with van der Waals surface area (Å²) < 4.78 is 0. The molecule has 1 heterocycles. The van der Waals surface area contributed by atoms with Gasteiger partial charge in [0.05, 0.1) is 6.21 Å². The Balaban J connectivity index is 1.71. The van der Waals surface area contributed by atoms with Crippen molar-refractivity contribution in [2.45, 2.75) is 19.3 Å². The lowest BCUT2D eigenvalue weighted by Crippen LogP contribution is -2.37. The van der Waals surface area contributed by atoms with Gasteiger partial charge in [-0.05, 0) is 24.8 Å². The van der Waals surface area contributed by atoms with Crippen molar-refractivity contribution in [1.29, 1.82) is 0 Å². The van der Waals surface area contributed by atoms with Gasteiger partial charge in [-0.15, -0.1) is 0 Å². The monoisotopic (exact) mass is 246 g/mol. The summed E-state index contributed by atoms with van der Waals surface area (Å²) in [5.41, 5.74) is 0.961. The molecule has 1 aliphatic rings. The van der Waals surface area contributed by atoms with Gasteiger partial charge in [0.1, 0.15) is 0 Å². The van der Waals surface area contributed by atoms with Crippen molar-refractivity contribution in [3.63, 3.8) is 0 Å². The Morgan fingerprint density at radius 1 is 1.22 bits per heavy atom. The molecule has 18 heavy (non-hydrogen) atoms. The Morgan fingerprint density at radius 2 is 1.94 bits per heavy atom. The van der Waals surface area contributed by atoms with Crippen LogP contribution in [0.2, 0.25) is 0 Å². The third-order valence-electron chi connectivity index (χ3n) is 2.97. The summed E-state index contributed by atoms with van der Waals surface area (Å²) in [5, 5.41) is 3.80. The molecule has 0 spiro atoms. The number of amides is 1. The van der Waals surface area contributed by atoms with Crippen molar-refractivity contribution < 1.29 is 9.63 Å². The zero-order valence-electron chi connectivity index (χ0n) is 10.4. The Kier molecular flexibility index (Phi) is 4.76. The highest BCUT2D eigenvalue weighted by atomic mass is 16.6. The molecular weight excluding hydrogens is 228 g/mol. The van der Waals surface area contributed by atoms with E-state index in [0.29, 0.717) is 0 Å². The van der Waals surface area contributed by atoms with E-state index in [1.807, 2.05) is 35.2 Å². The van der Waals surface area contributed by atoms with E-state index in [-0.39, 0.29) is 12.5 Å². The predicted molar refractivity (Wildman–Crippen MR) is 70.4 cm³/mol. The van der Waals surface area contributed by atoms with Gasteiger partial charge in [0.25, 0.3) is 5.91 Å². The summed E-state index contributed by atoms with van der Waals surface area (Å²) in [6.45, 7) is 1.73. The second-order valence-electron chi connectivity index (χ2n) is 4.36. The molecule has 4 nitrogen and oxygen atoms in total. The van der Waals surface area contributed by atoms with E-state index < -0.39 is 0 Å². The molecule has 1 amide bonds. The first-order valence-electron chi connectivity index (χ1n) is 6.34. The lowest BCUT2D eigenvalue weighted by atomic mass is 10.1. The highest BCUT2D eigenvalue weighted by Gasteiger charge is 2.16. The Hall–Kier alpha value is -1.84. The topological polar surface area (TPSA) is 41.9 Å². The average molecular weight is 246 g/mol. The van der Waals surface area contributed by atoms with E-state index in [2.05, 4.69) is 5.16 Å². The molecule has 1 aromatic rings. The number of hydrogen-bond acceptors (Lipinski definition) is 3. The van der Waals surface area contributed by atoms with Gasteiger partial charge in [0, 0.05) is 13.1 Å². The molecule has 1 aromatic carbocycles. The van der Waals surface area contributed by atoms with Gasteiger partial charge >= 0.3 is 0 Å². The van der Waals surface area contributed by atoms with Crippen LogP contribution in [-0.4, -0.2) is 36.7 Å². The number of carbonyl (C=O) groups is 1. The smallest absolute Gasteiger partial charge is 0.263 e. The number of piperidine rings is 1. The van der Waals surface area contributed by atoms with Crippen LogP contribution < -0.4 is 0 Å². The molecule has 4 heteroatoms. The largest absolute Gasteiger partial charge is 0.386 e. The maximum atomic E-state index is 11.7. The van der Waals surface area contributed by atoms with Crippen molar-refractivity contribution in [3.8, 4) is 0 Å². The first-order chi connectivity index (χ1) is 8.86. The van der Waals surface area contributed by atoms with E-state index in [0.717, 1.165) is 31.5 Å². The third kappa shape index (κ3) is 3.87. The van der Waals surface area contributed by atoms with Crippen LogP contribution in [0.15, 0.2) is 35.5 Å². The molecular formula is C14H18N2O2. The fourth-order valence-corrected chi connectivity index (χ4v) is 1.96. The number of rotatable bonds is 4. The lowest BCUT2D eigenvalue weighted by molar-refractivity contribution is -0.136. The van der Waals surface area contributed by atoms with E-state index in [1.54, 1.807) is 6.21 Å². The first-order valence-corrected chi connectivity index (χ1v) is 6.34. The van der Waals surface area contributed by atoms with Crippen molar-refractivity contribution in [1.82, 2.24) is 4.90 Å². The second kappa shape index (κ2) is 6.79. The number of carbonyl (C=O) groups excluding carboxylic acids is 1. The highest BCUT2D eigenvalue weighted by molar-refractivity contribution is 5.79. The lowest BCUT2D eigenvalue weighted by Gasteiger charge is -2.25. The van der Waals surface area contributed by atoms with Gasteiger partial charge in [-0.1, -0.05) is 35.5 Å². The van der Waals surface area contributed by atoms with E-state index in [9.17, 15) is 4.79 Å². The minimum Gasteiger partial charge on any atom is -0.386 e. The molecule has 0 unspecified atom stereocenters. The molecule has 0 aromatic heterocycles. The molecule has 0 aliphatic carbocycles. The zero-order valence-corrected chi connectivity index (χ0v) is 10.4. The fraction of sp³-hybridized carbons (Fsp3) is 0.429. The summed E-state index contributed by atoms with van der Waals surface area (Å²) in [6.07, 6.45) is 5.03. The first kappa shape index (κ1) is 12.6. The SMILES string of the molecule is O=C(CO/N=C/c1ccccc1)N1CCCCC1. The molecule has 0 radical (unpaired) electrons. The highest BCUT2D eigenvalue weighted by Crippen LogP contribution is 2.08. The van der Waals surface area contributed by atoms with Crippen molar-refractivity contribution in [2.75, 3.05) is 19.7 Å². The summed E-state index contributed by atoms with van der Waals surface area (Å²) in [4.78, 5) is 18.6. The summed E-state index contributed by atoms with van der Waals surface area (Å²) in [5.74, 6) is 0.0277. The van der Waals surface area contributed by atoms with Crippen LogP contribution in [0.1, 0.15) is 24.8 Å². The van der Waals surface area contributed by atoms with Crippen LogP contribution in [-0.2, 0) is 9.63 Å². The summed E-state index contributed by atoms with van der Waals surface area (Å²) >= 11 is 0. The summed E-state index contributed by atoms with van der Waals surface area (Å²) in [6, 6.07) is 9.66. The summed E-state index contributed by atoms with van der Waals surface area (Å²) in [7, 11) is 0. The minimum atomic E-state index is 0.0277. The van der Waals surface area contributed by atoms with Gasteiger partial charge in [-0.2, -0.15) is 0 Å². The van der Waals surface area contributed by atoms with Gasteiger partial charge in [0.15, 0.2) is 6.61 Å². The molecule has 1 fully saturated rings. The van der Waals surface area contributed by atoms with Crippen molar-refractivity contribution in [3.05, 3.63) is 35.9 Å². The number of oxime groups is 1. The predicted octanol–water partition coefficient (Wildman–Crippen LogP) is 2.05. The maximum Gasteiger partial charge on any atom is 0.263 e. The molecule has 1 aliphatic heterocycles. The van der Waals surface area contributed by atoms with Gasteiger partial charge in [0.2, 0.25) is 0 Å². The second-order valence-corrected chi connectivity index (χ2v) is 4.36. The van der Waals surface area contributed by atoms with Crippen molar-refractivity contribution >= 4 is 12.1 Å². The number of hydrogen-bond donors (Lipinski definition) is 0. The van der Waals surface area contributed by atoms with Crippen LogP contribution in [0.4, 0.5) is 0 Å². The van der Waals surface area contributed by atoms with Crippen LogP contribution in [0, 0.1) is 0 Å². The normalized spacial score (nSPS) is 15.9. The fourth-order valence-electron chi connectivity index (χ4n) is 1.96. The molecule has 2 rings (SSSR count). The Morgan fingerprint density at radius 3 is 2.67 bits per heavy atom. The van der Waals surface area contributed by atoms with Crippen LogP contribution in [0.25, 0.3) is 0 Å². The van der Waals surface area contributed by atoms with E-state index in [4.69, 9.17) is 4.84 Å². The molecule has 0 saturated carbocycles. The third-order valence-corrected chi connectivity index (χ3v) is 2.97. The Bertz CT molecular complexity index is 398. The molecule has 0 atom stereocenters. The molecule has 1 saturated heterocycles. The maximum absolute atomic E-state index is 11.7. The number of nitrogens with zero attached hydrogens (tertiary/aromatic N) is 2. The quantitative estimate of drug-likeness (QED) is 0.602. The number of likely N-dealkylation sites (tertiary alicyclic amines) is 1. The zero-order chi connectivity index (χ0) is 12.6. The van der Waals surface area contributed by atoms with E-state index in [1.165, 1.54) is 6.42 Å². The average Bonchev–Trinajstić information content (AvgIpc) is 2.45. The Labute approximate surface area is 107 Å². The molecule has 96 valence electrons. The molecule has 0 N–H and O–H groups in total. The van der Waals surface area contributed by atoms with Crippen molar-refractivity contribution in [2.24, 2.45) is 5.16 Å². The molecule has 0 bridgehead atoms. The van der Waals surface area contributed by atoms with Gasteiger partial charge in [-0.25, -0.2) is 0 Å². The van der Waals surface area contributed by atoms with Crippen LogP contribution in [0.3, 0.4) is 0 Å². The van der Waals surface area contributed by atoms with Crippen LogP contribution >= 0.6 is 0 Å². The van der Waals surface area contributed by atoms with E-state index >= 15 is 0 Å². The van der Waals surface area contributed by atoms with Crippen LogP contribution in [0.5, 0.6) is 0 Å². The van der Waals surface area contributed by atoms with Gasteiger partial charge < -0.3 is 9.74 Å². The minimum absolute atomic E-state index is 0.0277. The standard InChI is InChI=1S/C14H18N2O2/c17-14(16-9-5-2-6-10-16)12-18-15-11-13-7-3-1-4-8-13/h1,3-4,7-8,11H,2,5-6,9-10,12H2/b15-11+. The number of benzene rings is 1.